The Morgan fingerprint density at radius 1 is 1.20 bits per heavy atom. The van der Waals surface area contributed by atoms with Crippen molar-refractivity contribution in [2.45, 2.75) is 37.6 Å². The van der Waals surface area contributed by atoms with Crippen LogP contribution in [0.5, 0.6) is 5.75 Å². The van der Waals surface area contributed by atoms with Crippen molar-refractivity contribution < 1.29 is 29.9 Å². The van der Waals surface area contributed by atoms with Crippen LogP contribution in [-0.4, -0.2) is 57.7 Å². The van der Waals surface area contributed by atoms with E-state index < -0.39 is 37.3 Å². The summed E-state index contributed by atoms with van der Waals surface area (Å²) >= 11 is 3.33. The van der Waals surface area contributed by atoms with Crippen molar-refractivity contribution >= 4 is 15.9 Å². The van der Waals surface area contributed by atoms with Crippen molar-refractivity contribution in [3.8, 4) is 5.75 Å². The van der Waals surface area contributed by atoms with Crippen molar-refractivity contribution in [3.05, 3.63) is 28.2 Å². The second kappa shape index (κ2) is 6.38. The minimum Gasteiger partial charge on any atom is -0.462 e. The molecule has 0 aliphatic carbocycles. The third-order valence-corrected chi connectivity index (χ3v) is 3.72. The summed E-state index contributed by atoms with van der Waals surface area (Å²) in [6, 6.07) is 5.30. The molecule has 0 spiro atoms. The molecule has 5 atom stereocenters. The van der Waals surface area contributed by atoms with Crippen LogP contribution < -0.4 is 4.74 Å². The highest BCUT2D eigenvalue weighted by molar-refractivity contribution is 9.10. The number of hydrogen-bond acceptors (Lipinski definition) is 6. The van der Waals surface area contributed by atoms with Gasteiger partial charge in [0.1, 0.15) is 30.2 Å². The summed E-state index contributed by atoms with van der Waals surface area (Å²) in [7, 11) is 0. The Labute approximate surface area is 124 Å². The second-order valence-corrected chi connectivity index (χ2v) is 5.64. The average Bonchev–Trinajstić information content (AvgIpc) is 2.42. The molecule has 0 saturated carbocycles. The maximum atomic E-state index is 9.88. The van der Waals surface area contributed by atoms with Gasteiger partial charge >= 0.3 is 0 Å². The lowest BCUT2D eigenvalue weighted by atomic mass is 9.99. The molecule has 0 bridgehead atoms. The van der Waals surface area contributed by atoms with Crippen LogP contribution in [0.4, 0.5) is 0 Å². The highest BCUT2D eigenvalue weighted by atomic mass is 79.9. The molecule has 1 aliphatic heterocycles. The Bertz CT molecular complexity index is 466. The quantitative estimate of drug-likeness (QED) is 0.610. The topological polar surface area (TPSA) is 99.4 Å². The first-order valence-corrected chi connectivity index (χ1v) is 6.96. The van der Waals surface area contributed by atoms with E-state index in [0.717, 1.165) is 10.0 Å². The van der Waals surface area contributed by atoms with Crippen LogP contribution >= 0.6 is 15.9 Å². The maximum absolute atomic E-state index is 9.88. The molecule has 6 nitrogen and oxygen atoms in total. The molecule has 1 fully saturated rings. The highest BCUT2D eigenvalue weighted by Crippen LogP contribution is 2.27. The normalized spacial score (nSPS) is 34.0. The number of benzene rings is 1. The minimum absolute atomic E-state index is 0.482. The van der Waals surface area contributed by atoms with E-state index in [-0.39, 0.29) is 0 Å². The van der Waals surface area contributed by atoms with Gasteiger partial charge in [0.2, 0.25) is 6.29 Å². The van der Waals surface area contributed by atoms with E-state index in [2.05, 4.69) is 15.9 Å². The molecular weight excluding hydrogens is 332 g/mol. The molecule has 1 heterocycles. The fraction of sp³-hybridized carbons (Fsp3) is 0.538. The maximum Gasteiger partial charge on any atom is 0.229 e. The molecule has 1 unspecified atom stereocenters. The van der Waals surface area contributed by atoms with Gasteiger partial charge in [0, 0.05) is 4.47 Å². The molecule has 0 radical (unpaired) electrons. The molecular formula is C13H17BrO6. The first kappa shape index (κ1) is 15.7. The first-order chi connectivity index (χ1) is 9.43. The Kier molecular flexibility index (Phi) is 5.00. The zero-order chi connectivity index (χ0) is 14.9. The zero-order valence-corrected chi connectivity index (χ0v) is 12.4. The summed E-state index contributed by atoms with van der Waals surface area (Å²) < 4.78 is 11.7. The van der Waals surface area contributed by atoms with Crippen LogP contribution in [-0.2, 0) is 4.74 Å². The molecule has 2 rings (SSSR count). The minimum atomic E-state index is -1.44. The van der Waals surface area contributed by atoms with Gasteiger partial charge in [0.25, 0.3) is 0 Å². The standard InChI is InChI=1S/C13H17BrO6/c1-6-4-7(14)2-3-8(6)19-13-12(18)11(17)10(16)9(5-15)20-13/h2-4,9-13,15-18H,5H2,1H3/t9-,10-,11+,12+,13?/m1/s1. The van der Waals surface area contributed by atoms with E-state index in [4.69, 9.17) is 14.6 Å². The van der Waals surface area contributed by atoms with Gasteiger partial charge in [-0.2, -0.15) is 0 Å². The lowest BCUT2D eigenvalue weighted by molar-refractivity contribution is -0.277. The second-order valence-electron chi connectivity index (χ2n) is 4.72. The monoisotopic (exact) mass is 348 g/mol. The Morgan fingerprint density at radius 2 is 1.90 bits per heavy atom. The predicted molar refractivity (Wildman–Crippen MR) is 73.3 cm³/mol. The Balaban J connectivity index is 2.15. The zero-order valence-electron chi connectivity index (χ0n) is 10.8. The van der Waals surface area contributed by atoms with Gasteiger partial charge in [-0.15, -0.1) is 0 Å². The highest BCUT2D eigenvalue weighted by Gasteiger charge is 2.44. The van der Waals surface area contributed by atoms with Crippen molar-refractivity contribution in [3.63, 3.8) is 0 Å². The molecule has 1 aliphatic rings. The molecule has 20 heavy (non-hydrogen) atoms. The summed E-state index contributed by atoms with van der Waals surface area (Å²) in [5.74, 6) is 0.484. The smallest absolute Gasteiger partial charge is 0.229 e. The fourth-order valence-electron chi connectivity index (χ4n) is 2.03. The van der Waals surface area contributed by atoms with Gasteiger partial charge in [0.05, 0.1) is 6.61 Å². The summed E-state index contributed by atoms with van der Waals surface area (Å²) in [4.78, 5) is 0. The summed E-state index contributed by atoms with van der Waals surface area (Å²) in [6.45, 7) is 1.34. The lowest BCUT2D eigenvalue weighted by Crippen LogP contribution is -2.60. The van der Waals surface area contributed by atoms with Crippen molar-refractivity contribution in [2.75, 3.05) is 6.61 Å². The molecule has 1 saturated heterocycles. The summed E-state index contributed by atoms with van der Waals surface area (Å²) in [5, 5.41) is 38.3. The molecule has 0 aromatic heterocycles. The third-order valence-electron chi connectivity index (χ3n) is 3.23. The molecule has 1 aromatic rings. The molecule has 1 aromatic carbocycles. The Hall–Kier alpha value is -0.700. The van der Waals surface area contributed by atoms with E-state index in [9.17, 15) is 15.3 Å². The van der Waals surface area contributed by atoms with Crippen molar-refractivity contribution in [1.29, 1.82) is 0 Å². The number of hydrogen-bond donors (Lipinski definition) is 4. The lowest BCUT2D eigenvalue weighted by Gasteiger charge is -2.39. The molecule has 0 amide bonds. The molecule has 4 N–H and O–H groups in total. The van der Waals surface area contributed by atoms with Crippen LogP contribution in [0.25, 0.3) is 0 Å². The van der Waals surface area contributed by atoms with Gasteiger partial charge in [0.15, 0.2) is 0 Å². The fourth-order valence-corrected chi connectivity index (χ4v) is 2.51. The van der Waals surface area contributed by atoms with Crippen LogP contribution in [0.2, 0.25) is 0 Å². The Morgan fingerprint density at radius 3 is 2.50 bits per heavy atom. The van der Waals surface area contributed by atoms with Crippen LogP contribution in [0, 0.1) is 6.92 Å². The van der Waals surface area contributed by atoms with Gasteiger partial charge < -0.3 is 29.9 Å². The van der Waals surface area contributed by atoms with E-state index in [0.29, 0.717) is 5.75 Å². The first-order valence-electron chi connectivity index (χ1n) is 6.17. The number of aryl methyl sites for hydroxylation is 1. The third kappa shape index (κ3) is 3.13. The number of aliphatic hydroxyl groups excluding tert-OH is 4. The SMILES string of the molecule is Cc1cc(Br)ccc1OC1O[C@H](CO)[C@@H](O)[C@H](O)[C@@H]1O. The van der Waals surface area contributed by atoms with E-state index in [1.807, 2.05) is 13.0 Å². The van der Waals surface area contributed by atoms with Crippen molar-refractivity contribution in [1.82, 2.24) is 0 Å². The largest absolute Gasteiger partial charge is 0.462 e. The van der Waals surface area contributed by atoms with Gasteiger partial charge in [-0.25, -0.2) is 0 Å². The van der Waals surface area contributed by atoms with E-state index in [1.54, 1.807) is 12.1 Å². The van der Waals surface area contributed by atoms with Crippen LogP contribution in [0.15, 0.2) is 22.7 Å². The van der Waals surface area contributed by atoms with Gasteiger partial charge in [-0.1, -0.05) is 15.9 Å². The molecule has 7 heteroatoms. The van der Waals surface area contributed by atoms with Crippen molar-refractivity contribution in [2.24, 2.45) is 0 Å². The number of aliphatic hydroxyl groups is 4. The number of halogens is 1. The van der Waals surface area contributed by atoms with Gasteiger partial charge in [-0.3, -0.25) is 0 Å². The van der Waals surface area contributed by atoms with E-state index >= 15 is 0 Å². The predicted octanol–water partition coefficient (Wildman–Crippen LogP) is -0.0638. The summed E-state index contributed by atoms with van der Waals surface area (Å²) in [5.41, 5.74) is 0.816. The van der Waals surface area contributed by atoms with Crippen LogP contribution in [0.3, 0.4) is 0 Å². The van der Waals surface area contributed by atoms with Crippen LogP contribution in [0.1, 0.15) is 5.56 Å². The number of ether oxygens (including phenoxy) is 2. The number of rotatable bonds is 3. The molecule has 112 valence electrons. The average molecular weight is 349 g/mol. The van der Waals surface area contributed by atoms with Gasteiger partial charge in [-0.05, 0) is 30.7 Å². The summed E-state index contributed by atoms with van der Waals surface area (Å²) in [6.07, 6.45) is -6.38. The van der Waals surface area contributed by atoms with E-state index in [1.165, 1.54) is 0 Å².